The van der Waals surface area contributed by atoms with Gasteiger partial charge in [0.15, 0.2) is 11.6 Å². The largest absolute Gasteiger partial charge is 0.498 e. The molecule has 0 saturated carbocycles. The van der Waals surface area contributed by atoms with Crippen LogP contribution in [-0.4, -0.2) is 13.2 Å². The number of unbranched alkanes of at least 4 members (excludes halogenated alkanes) is 1. The summed E-state index contributed by atoms with van der Waals surface area (Å²) in [4.78, 5) is 0. The van der Waals surface area contributed by atoms with Crippen molar-refractivity contribution in [3.63, 3.8) is 0 Å². The Bertz CT molecular complexity index is 1010. The average Bonchev–Trinajstić information content (AvgIpc) is 2.99. The Morgan fingerprint density at radius 3 is 2.35 bits per heavy atom. The second kappa shape index (κ2) is 8.56. The fourth-order valence-corrected chi connectivity index (χ4v) is 4.34. The van der Waals surface area contributed by atoms with E-state index in [0.717, 1.165) is 25.0 Å². The van der Waals surface area contributed by atoms with Gasteiger partial charge in [0.1, 0.15) is 5.82 Å². The average molecular weight is 434 g/mol. The summed E-state index contributed by atoms with van der Waals surface area (Å²) in [5, 5.41) is 0. The Morgan fingerprint density at radius 2 is 1.71 bits per heavy atom. The lowest BCUT2D eigenvalue weighted by Crippen LogP contribution is -2.19. The van der Waals surface area contributed by atoms with Gasteiger partial charge < -0.3 is 9.47 Å². The molecule has 2 aliphatic rings. The smallest absolute Gasteiger partial charge is 0.305 e. The van der Waals surface area contributed by atoms with E-state index < -0.39 is 28.7 Å². The highest BCUT2D eigenvalue weighted by Crippen LogP contribution is 2.55. The highest BCUT2D eigenvalue weighted by atomic mass is 19.3. The van der Waals surface area contributed by atoms with Crippen LogP contribution in [-0.2, 0) is 10.7 Å². The topological polar surface area (TPSA) is 18.5 Å². The molecule has 2 nitrogen and oxygen atoms in total. The number of alkyl halides is 2. The van der Waals surface area contributed by atoms with Gasteiger partial charge in [0, 0.05) is 12.3 Å². The molecule has 2 aromatic rings. The molecule has 1 aliphatic carbocycles. The second-order valence-corrected chi connectivity index (χ2v) is 8.13. The van der Waals surface area contributed by atoms with E-state index in [4.69, 9.17) is 9.47 Å². The van der Waals surface area contributed by atoms with Gasteiger partial charge in [-0.25, -0.2) is 8.78 Å². The molecule has 6 heteroatoms. The Labute approximate surface area is 179 Å². The first-order valence-electron chi connectivity index (χ1n) is 10.9. The predicted octanol–water partition coefficient (Wildman–Crippen LogP) is 7.45. The fraction of sp³-hybridized carbons (Fsp3) is 0.440. The maximum absolute atomic E-state index is 15.4. The minimum atomic E-state index is -3.78. The molecule has 0 fully saturated rings. The molecule has 1 heterocycles. The van der Waals surface area contributed by atoms with E-state index in [-0.39, 0.29) is 41.6 Å². The minimum absolute atomic E-state index is 0.0100. The summed E-state index contributed by atoms with van der Waals surface area (Å²) in [6.45, 7) is 4.46. The van der Waals surface area contributed by atoms with Gasteiger partial charge in [-0.1, -0.05) is 32.4 Å². The molecule has 0 radical (unpaired) electrons. The standard InChI is InChI=1S/C25H26F4O2/c1-3-5-13-30-20-12-11-19-18-10-9-17(15-7-8-16(6-4-2)31-14-15)23(26)21(18)25(28,29)22(19)24(20)27/h8-12,15H,3-7,13-14H2,1-2H3. The monoisotopic (exact) mass is 434 g/mol. The van der Waals surface area contributed by atoms with E-state index >= 15 is 17.6 Å². The quantitative estimate of drug-likeness (QED) is 0.333. The predicted molar refractivity (Wildman–Crippen MR) is 111 cm³/mol. The van der Waals surface area contributed by atoms with Crippen molar-refractivity contribution in [3.05, 3.63) is 64.4 Å². The van der Waals surface area contributed by atoms with Gasteiger partial charge in [0.05, 0.1) is 30.1 Å². The molecule has 0 aromatic heterocycles. The first-order valence-corrected chi connectivity index (χ1v) is 10.9. The number of allylic oxidation sites excluding steroid dienone is 2. The summed E-state index contributed by atoms with van der Waals surface area (Å²) in [5.41, 5.74) is -1.35. The molecule has 0 saturated heterocycles. The molecule has 0 bridgehead atoms. The Kier molecular flexibility index (Phi) is 6.00. The first kappa shape index (κ1) is 21.7. The van der Waals surface area contributed by atoms with Crippen LogP contribution in [0.25, 0.3) is 11.1 Å². The third kappa shape index (κ3) is 3.70. The number of fused-ring (bicyclic) bond motifs is 3. The number of ether oxygens (including phenoxy) is 2. The van der Waals surface area contributed by atoms with E-state index in [1.165, 1.54) is 24.3 Å². The van der Waals surface area contributed by atoms with Crippen molar-refractivity contribution in [1.29, 1.82) is 0 Å². The summed E-state index contributed by atoms with van der Waals surface area (Å²) in [6, 6.07) is 5.73. The van der Waals surface area contributed by atoms with Crippen LogP contribution in [0.1, 0.15) is 68.6 Å². The van der Waals surface area contributed by atoms with Gasteiger partial charge in [0.25, 0.3) is 0 Å². The van der Waals surface area contributed by atoms with Gasteiger partial charge in [-0.3, -0.25) is 0 Å². The maximum Gasteiger partial charge on any atom is 0.305 e. The normalized spacial score (nSPS) is 18.8. The van der Waals surface area contributed by atoms with Gasteiger partial charge in [0.2, 0.25) is 0 Å². The summed E-state index contributed by atoms with van der Waals surface area (Å²) in [7, 11) is 0. The molecule has 1 atom stereocenters. The van der Waals surface area contributed by atoms with Crippen molar-refractivity contribution in [2.75, 3.05) is 13.2 Å². The molecule has 0 N–H and O–H groups in total. The van der Waals surface area contributed by atoms with E-state index in [9.17, 15) is 0 Å². The van der Waals surface area contributed by atoms with Crippen LogP contribution in [0.5, 0.6) is 5.75 Å². The Morgan fingerprint density at radius 1 is 1.00 bits per heavy atom. The summed E-state index contributed by atoms with van der Waals surface area (Å²) in [6.07, 6.45) is 5.67. The minimum Gasteiger partial charge on any atom is -0.498 e. The molecular formula is C25H26F4O2. The van der Waals surface area contributed by atoms with Gasteiger partial charge in [-0.2, -0.15) is 8.78 Å². The molecule has 166 valence electrons. The lowest BCUT2D eigenvalue weighted by atomic mass is 9.90. The second-order valence-electron chi connectivity index (χ2n) is 8.13. The SMILES string of the molecule is CCCCOc1ccc2c(c1F)C(F)(F)c1c-2ccc(C2CC=C(CCC)OC2)c1F. The van der Waals surface area contributed by atoms with Crippen LogP contribution in [0, 0.1) is 11.6 Å². The molecule has 0 amide bonds. The van der Waals surface area contributed by atoms with Crippen molar-refractivity contribution in [2.24, 2.45) is 0 Å². The third-order valence-corrected chi connectivity index (χ3v) is 5.99. The van der Waals surface area contributed by atoms with Crippen molar-refractivity contribution in [3.8, 4) is 16.9 Å². The van der Waals surface area contributed by atoms with Crippen LogP contribution < -0.4 is 4.74 Å². The highest BCUT2D eigenvalue weighted by molar-refractivity contribution is 5.81. The maximum atomic E-state index is 15.4. The van der Waals surface area contributed by atoms with Crippen LogP contribution in [0.4, 0.5) is 17.6 Å². The van der Waals surface area contributed by atoms with Crippen molar-refractivity contribution in [2.45, 2.75) is 57.8 Å². The summed E-state index contributed by atoms with van der Waals surface area (Å²) < 4.78 is 72.2. The lowest BCUT2D eigenvalue weighted by Gasteiger charge is -2.25. The van der Waals surface area contributed by atoms with Crippen molar-refractivity contribution in [1.82, 2.24) is 0 Å². The van der Waals surface area contributed by atoms with Crippen molar-refractivity contribution >= 4 is 0 Å². The van der Waals surface area contributed by atoms with Gasteiger partial charge >= 0.3 is 5.92 Å². The molecule has 4 rings (SSSR count). The van der Waals surface area contributed by atoms with Crippen LogP contribution in [0.2, 0.25) is 0 Å². The number of hydrogen-bond donors (Lipinski definition) is 0. The van der Waals surface area contributed by atoms with Gasteiger partial charge in [-0.05, 0) is 54.2 Å². The number of hydrogen-bond acceptors (Lipinski definition) is 2. The molecule has 31 heavy (non-hydrogen) atoms. The molecule has 1 unspecified atom stereocenters. The molecule has 1 aliphatic heterocycles. The van der Waals surface area contributed by atoms with E-state index in [2.05, 4.69) is 0 Å². The zero-order valence-electron chi connectivity index (χ0n) is 17.7. The number of rotatable bonds is 7. The van der Waals surface area contributed by atoms with Gasteiger partial charge in [-0.15, -0.1) is 0 Å². The number of halogens is 4. The lowest BCUT2D eigenvalue weighted by molar-refractivity contribution is 0.0394. The molecule has 2 aromatic carbocycles. The zero-order valence-corrected chi connectivity index (χ0v) is 17.7. The Balaban J connectivity index is 1.70. The van der Waals surface area contributed by atoms with Crippen LogP contribution in [0.3, 0.4) is 0 Å². The van der Waals surface area contributed by atoms with E-state index in [1.807, 2.05) is 19.9 Å². The fourth-order valence-electron chi connectivity index (χ4n) is 4.34. The zero-order chi connectivity index (χ0) is 22.2. The number of benzene rings is 2. The third-order valence-electron chi connectivity index (χ3n) is 5.99. The highest BCUT2D eigenvalue weighted by Gasteiger charge is 2.50. The summed E-state index contributed by atoms with van der Waals surface area (Å²) in [5.74, 6) is -5.61. The van der Waals surface area contributed by atoms with E-state index in [0.29, 0.717) is 12.8 Å². The summed E-state index contributed by atoms with van der Waals surface area (Å²) >= 11 is 0. The van der Waals surface area contributed by atoms with Crippen LogP contribution in [0.15, 0.2) is 36.1 Å². The molecule has 0 spiro atoms. The van der Waals surface area contributed by atoms with Crippen molar-refractivity contribution < 1.29 is 27.0 Å². The first-order chi connectivity index (χ1) is 14.9. The van der Waals surface area contributed by atoms with E-state index in [1.54, 1.807) is 0 Å². The molecular weight excluding hydrogens is 408 g/mol. The Hall–Kier alpha value is -2.50. The van der Waals surface area contributed by atoms with Crippen LogP contribution >= 0.6 is 0 Å².